The van der Waals surface area contributed by atoms with E-state index < -0.39 is 0 Å². The van der Waals surface area contributed by atoms with Crippen LogP contribution in [-0.4, -0.2) is 36.1 Å². The van der Waals surface area contributed by atoms with Crippen LogP contribution in [0.3, 0.4) is 0 Å². The maximum absolute atomic E-state index is 3.70. The van der Waals surface area contributed by atoms with E-state index in [0.29, 0.717) is 11.6 Å². The maximum atomic E-state index is 3.70. The van der Waals surface area contributed by atoms with Crippen LogP contribution in [-0.2, 0) is 6.42 Å². The number of hydrogen-bond acceptors (Lipinski definition) is 2. The third-order valence-electron chi connectivity index (χ3n) is 5.23. The minimum Gasteiger partial charge on any atom is -0.311 e. The van der Waals surface area contributed by atoms with Gasteiger partial charge in [-0.1, -0.05) is 51.1 Å². The van der Waals surface area contributed by atoms with Crippen molar-refractivity contribution in [3.63, 3.8) is 0 Å². The molecule has 0 aromatic heterocycles. The van der Waals surface area contributed by atoms with Gasteiger partial charge in [-0.05, 0) is 31.2 Å². The molecular weight excluding hydrogens is 244 g/mol. The SMILES string of the molecule is CCC(CC)(CC)N1CCNC(Cc2ccccc2)C1. The monoisotopic (exact) mass is 274 g/mol. The molecular formula is C18H30N2. The van der Waals surface area contributed by atoms with Gasteiger partial charge < -0.3 is 5.32 Å². The first-order chi connectivity index (χ1) is 9.74. The molecule has 2 nitrogen and oxygen atoms in total. The van der Waals surface area contributed by atoms with Gasteiger partial charge in [0.2, 0.25) is 0 Å². The van der Waals surface area contributed by atoms with E-state index in [1.807, 2.05) is 0 Å². The van der Waals surface area contributed by atoms with Crippen molar-refractivity contribution in [3.05, 3.63) is 35.9 Å². The molecule has 2 heteroatoms. The molecule has 1 saturated heterocycles. The number of nitrogens with zero attached hydrogens (tertiary/aromatic N) is 1. The molecule has 1 fully saturated rings. The van der Waals surface area contributed by atoms with Crippen molar-refractivity contribution < 1.29 is 0 Å². The van der Waals surface area contributed by atoms with Crippen molar-refractivity contribution in [3.8, 4) is 0 Å². The summed E-state index contributed by atoms with van der Waals surface area (Å²) in [6.45, 7) is 10.5. The summed E-state index contributed by atoms with van der Waals surface area (Å²) < 4.78 is 0. The van der Waals surface area contributed by atoms with E-state index in [0.717, 1.165) is 13.0 Å². The molecule has 1 aliphatic heterocycles. The molecule has 1 heterocycles. The van der Waals surface area contributed by atoms with Crippen molar-refractivity contribution in [2.75, 3.05) is 19.6 Å². The highest BCUT2D eigenvalue weighted by molar-refractivity contribution is 5.16. The Morgan fingerprint density at radius 1 is 1.10 bits per heavy atom. The Labute approximate surface area is 124 Å². The van der Waals surface area contributed by atoms with Crippen molar-refractivity contribution in [1.82, 2.24) is 10.2 Å². The zero-order valence-electron chi connectivity index (χ0n) is 13.4. The largest absolute Gasteiger partial charge is 0.311 e. The minimum absolute atomic E-state index is 0.414. The van der Waals surface area contributed by atoms with Gasteiger partial charge in [0.05, 0.1) is 0 Å². The lowest BCUT2D eigenvalue weighted by molar-refractivity contribution is 0.0447. The van der Waals surface area contributed by atoms with E-state index >= 15 is 0 Å². The quantitative estimate of drug-likeness (QED) is 0.854. The Balaban J connectivity index is 2.01. The lowest BCUT2D eigenvalue weighted by atomic mass is 9.86. The molecule has 0 radical (unpaired) electrons. The van der Waals surface area contributed by atoms with Gasteiger partial charge in [-0.2, -0.15) is 0 Å². The highest BCUT2D eigenvalue weighted by Gasteiger charge is 2.34. The Morgan fingerprint density at radius 3 is 2.35 bits per heavy atom. The third kappa shape index (κ3) is 3.42. The smallest absolute Gasteiger partial charge is 0.0236 e. The highest BCUT2D eigenvalue weighted by Crippen LogP contribution is 2.29. The molecule has 0 amide bonds. The van der Waals surface area contributed by atoms with Crippen LogP contribution in [0.4, 0.5) is 0 Å². The zero-order valence-corrected chi connectivity index (χ0v) is 13.4. The first-order valence-corrected chi connectivity index (χ1v) is 8.26. The summed E-state index contributed by atoms with van der Waals surface area (Å²) in [4.78, 5) is 2.75. The van der Waals surface area contributed by atoms with Gasteiger partial charge in [0, 0.05) is 31.2 Å². The summed E-state index contributed by atoms with van der Waals surface area (Å²) in [7, 11) is 0. The van der Waals surface area contributed by atoms with Crippen LogP contribution < -0.4 is 5.32 Å². The van der Waals surface area contributed by atoms with Crippen LogP contribution in [0.15, 0.2) is 30.3 Å². The molecule has 0 saturated carbocycles. The van der Waals surface area contributed by atoms with E-state index in [1.54, 1.807) is 0 Å². The third-order valence-corrected chi connectivity index (χ3v) is 5.23. The van der Waals surface area contributed by atoms with Gasteiger partial charge >= 0.3 is 0 Å². The van der Waals surface area contributed by atoms with Gasteiger partial charge in [-0.15, -0.1) is 0 Å². The molecule has 1 aromatic carbocycles. The first kappa shape index (κ1) is 15.5. The Morgan fingerprint density at radius 2 is 1.75 bits per heavy atom. The van der Waals surface area contributed by atoms with E-state index in [1.165, 1.54) is 37.9 Å². The Kier molecular flexibility index (Phi) is 5.62. The molecule has 1 aromatic rings. The first-order valence-electron chi connectivity index (χ1n) is 8.26. The number of rotatable bonds is 6. The summed E-state index contributed by atoms with van der Waals surface area (Å²) in [5.41, 5.74) is 1.86. The molecule has 1 N–H and O–H groups in total. The number of hydrogen-bond donors (Lipinski definition) is 1. The standard InChI is InChI=1S/C18H30N2/c1-4-18(5-2,6-3)20-13-12-19-17(15-20)14-16-10-8-7-9-11-16/h7-11,17,19H,4-6,12-15H2,1-3H3. The topological polar surface area (TPSA) is 15.3 Å². The lowest BCUT2D eigenvalue weighted by Gasteiger charge is -2.47. The molecule has 1 unspecified atom stereocenters. The van der Waals surface area contributed by atoms with Crippen LogP contribution in [0, 0.1) is 0 Å². The number of nitrogens with one attached hydrogen (secondary N) is 1. The van der Waals surface area contributed by atoms with Crippen molar-refractivity contribution in [2.45, 2.75) is 58.0 Å². The fraction of sp³-hybridized carbons (Fsp3) is 0.667. The number of benzene rings is 1. The lowest BCUT2D eigenvalue weighted by Crippen LogP contribution is -2.59. The second-order valence-electron chi connectivity index (χ2n) is 6.07. The molecule has 1 aliphatic rings. The zero-order chi connectivity index (χ0) is 14.4. The molecule has 2 rings (SSSR count). The summed E-state index contributed by atoms with van der Waals surface area (Å²) >= 11 is 0. The fourth-order valence-corrected chi connectivity index (χ4v) is 3.71. The van der Waals surface area contributed by atoms with Gasteiger partial charge in [-0.25, -0.2) is 0 Å². The summed E-state index contributed by atoms with van der Waals surface area (Å²) in [5.74, 6) is 0. The van der Waals surface area contributed by atoms with Crippen LogP contribution in [0.5, 0.6) is 0 Å². The van der Waals surface area contributed by atoms with Crippen LogP contribution in [0.2, 0.25) is 0 Å². The minimum atomic E-state index is 0.414. The average Bonchev–Trinajstić information content (AvgIpc) is 2.51. The Hall–Kier alpha value is -0.860. The van der Waals surface area contributed by atoms with E-state index in [-0.39, 0.29) is 0 Å². The van der Waals surface area contributed by atoms with E-state index in [2.05, 4.69) is 61.3 Å². The maximum Gasteiger partial charge on any atom is 0.0236 e. The second kappa shape index (κ2) is 7.24. The van der Waals surface area contributed by atoms with Crippen LogP contribution >= 0.6 is 0 Å². The molecule has 0 bridgehead atoms. The van der Waals surface area contributed by atoms with Gasteiger partial charge in [0.1, 0.15) is 0 Å². The van der Waals surface area contributed by atoms with Gasteiger partial charge in [-0.3, -0.25) is 4.90 Å². The second-order valence-corrected chi connectivity index (χ2v) is 6.07. The van der Waals surface area contributed by atoms with Crippen LogP contribution in [0.25, 0.3) is 0 Å². The molecule has 1 atom stereocenters. The van der Waals surface area contributed by atoms with E-state index in [4.69, 9.17) is 0 Å². The summed E-state index contributed by atoms with van der Waals surface area (Å²) in [6, 6.07) is 11.5. The molecule has 0 spiro atoms. The van der Waals surface area contributed by atoms with Crippen molar-refractivity contribution >= 4 is 0 Å². The summed E-state index contributed by atoms with van der Waals surface area (Å²) in [6.07, 6.45) is 4.93. The normalized spacial score (nSPS) is 21.1. The predicted octanol–water partition coefficient (Wildman–Crippen LogP) is 3.47. The highest BCUT2D eigenvalue weighted by atomic mass is 15.3. The number of piperazine rings is 1. The van der Waals surface area contributed by atoms with Crippen molar-refractivity contribution in [2.24, 2.45) is 0 Å². The van der Waals surface area contributed by atoms with E-state index in [9.17, 15) is 0 Å². The van der Waals surface area contributed by atoms with Gasteiger partial charge in [0.25, 0.3) is 0 Å². The van der Waals surface area contributed by atoms with Crippen molar-refractivity contribution in [1.29, 1.82) is 0 Å². The van der Waals surface area contributed by atoms with Gasteiger partial charge in [0.15, 0.2) is 0 Å². The predicted molar refractivity (Wildman–Crippen MR) is 87.1 cm³/mol. The molecule has 112 valence electrons. The fourth-order valence-electron chi connectivity index (χ4n) is 3.71. The Bertz CT molecular complexity index is 375. The van der Waals surface area contributed by atoms with Crippen LogP contribution in [0.1, 0.15) is 45.6 Å². The average molecular weight is 274 g/mol. The summed E-state index contributed by atoms with van der Waals surface area (Å²) in [5, 5.41) is 3.70. The molecule has 20 heavy (non-hydrogen) atoms. The molecule has 0 aliphatic carbocycles.